The molecule has 0 radical (unpaired) electrons. The van der Waals surface area contributed by atoms with Gasteiger partial charge >= 0.3 is 0 Å². The van der Waals surface area contributed by atoms with Crippen LogP contribution in [0.25, 0.3) is 10.8 Å². The van der Waals surface area contributed by atoms with Crippen LogP contribution in [0.2, 0.25) is 0 Å². The summed E-state index contributed by atoms with van der Waals surface area (Å²) in [7, 11) is 0. The summed E-state index contributed by atoms with van der Waals surface area (Å²) in [6.07, 6.45) is 11.2. The summed E-state index contributed by atoms with van der Waals surface area (Å²) in [5.41, 5.74) is 1.48. The number of halogens is 1. The van der Waals surface area contributed by atoms with Crippen molar-refractivity contribution >= 4 is 26.7 Å². The van der Waals surface area contributed by atoms with Gasteiger partial charge in [0.1, 0.15) is 0 Å². The Hall–Kier alpha value is -0.820. The summed E-state index contributed by atoms with van der Waals surface area (Å²) in [6, 6.07) is 15.4. The second-order valence-electron chi connectivity index (χ2n) is 6.52. The summed E-state index contributed by atoms with van der Waals surface area (Å²) in [6.45, 7) is 0. The summed E-state index contributed by atoms with van der Waals surface area (Å²) in [5.74, 6) is 0.992. The van der Waals surface area contributed by atoms with E-state index in [9.17, 15) is 0 Å². The fourth-order valence-corrected chi connectivity index (χ4v) is 4.32. The van der Waals surface area contributed by atoms with E-state index in [1.807, 2.05) is 0 Å². The van der Waals surface area contributed by atoms with Gasteiger partial charge in [0.15, 0.2) is 0 Å². The maximum absolute atomic E-state index is 3.93. The Morgan fingerprint density at radius 2 is 1.71 bits per heavy atom. The van der Waals surface area contributed by atoms with Crippen molar-refractivity contribution in [2.45, 2.75) is 56.2 Å². The Bertz CT molecular complexity index is 564. The molecule has 0 saturated heterocycles. The van der Waals surface area contributed by atoms with E-state index in [1.54, 1.807) is 0 Å². The second kappa shape index (κ2) is 7.45. The van der Waals surface area contributed by atoms with Crippen molar-refractivity contribution in [1.82, 2.24) is 0 Å². The highest BCUT2D eigenvalue weighted by molar-refractivity contribution is 9.09. The molecule has 112 valence electrons. The van der Waals surface area contributed by atoms with Crippen LogP contribution in [-0.2, 0) is 6.42 Å². The summed E-state index contributed by atoms with van der Waals surface area (Å²) >= 11 is 3.93. The molecule has 0 heterocycles. The van der Waals surface area contributed by atoms with Crippen molar-refractivity contribution in [3.8, 4) is 0 Å². The third kappa shape index (κ3) is 4.10. The first-order valence-electron chi connectivity index (χ1n) is 8.43. The standard InChI is InChI=1S/C20H25Br/c21-19(14-13-16-7-2-1-3-8-16)15-18-11-6-10-17-9-4-5-12-20(17)18/h4-6,9-12,16,19H,1-3,7-8,13-15H2. The maximum Gasteiger partial charge on any atom is 0.0186 e. The summed E-state index contributed by atoms with van der Waals surface area (Å²) in [4.78, 5) is 0.616. The van der Waals surface area contributed by atoms with Crippen LogP contribution in [0.1, 0.15) is 50.5 Å². The van der Waals surface area contributed by atoms with E-state index < -0.39 is 0 Å². The van der Waals surface area contributed by atoms with Crippen LogP contribution in [0.3, 0.4) is 0 Å². The second-order valence-corrected chi connectivity index (χ2v) is 7.82. The van der Waals surface area contributed by atoms with Crippen molar-refractivity contribution in [2.75, 3.05) is 0 Å². The predicted molar refractivity (Wildman–Crippen MR) is 96.2 cm³/mol. The van der Waals surface area contributed by atoms with E-state index in [0.29, 0.717) is 4.83 Å². The Labute approximate surface area is 137 Å². The van der Waals surface area contributed by atoms with E-state index in [2.05, 4.69) is 58.4 Å². The van der Waals surface area contributed by atoms with E-state index in [1.165, 1.54) is 61.3 Å². The molecule has 3 rings (SSSR count). The van der Waals surface area contributed by atoms with Gasteiger partial charge in [-0.05, 0) is 41.5 Å². The smallest absolute Gasteiger partial charge is 0.0186 e. The molecule has 0 aromatic heterocycles. The Morgan fingerprint density at radius 3 is 2.57 bits per heavy atom. The molecule has 0 N–H and O–H groups in total. The third-order valence-corrected chi connectivity index (χ3v) is 5.72. The quantitative estimate of drug-likeness (QED) is 0.542. The minimum absolute atomic E-state index is 0.616. The molecule has 2 aromatic carbocycles. The molecule has 1 saturated carbocycles. The van der Waals surface area contributed by atoms with Crippen LogP contribution in [0.15, 0.2) is 42.5 Å². The number of alkyl halides is 1. The lowest BCUT2D eigenvalue weighted by Gasteiger charge is -2.22. The molecule has 0 aliphatic heterocycles. The maximum atomic E-state index is 3.93. The monoisotopic (exact) mass is 344 g/mol. The van der Waals surface area contributed by atoms with Gasteiger partial charge in [-0.2, -0.15) is 0 Å². The fraction of sp³-hybridized carbons (Fsp3) is 0.500. The van der Waals surface area contributed by atoms with Crippen molar-refractivity contribution < 1.29 is 0 Å². The zero-order valence-electron chi connectivity index (χ0n) is 12.7. The molecule has 1 unspecified atom stereocenters. The average molecular weight is 345 g/mol. The molecular formula is C20H25Br. The van der Waals surface area contributed by atoms with Gasteiger partial charge < -0.3 is 0 Å². The van der Waals surface area contributed by atoms with Gasteiger partial charge in [-0.1, -0.05) is 90.5 Å². The van der Waals surface area contributed by atoms with Crippen molar-refractivity contribution in [1.29, 1.82) is 0 Å². The lowest BCUT2D eigenvalue weighted by molar-refractivity contribution is 0.331. The first-order valence-corrected chi connectivity index (χ1v) is 9.35. The molecule has 0 bridgehead atoms. The van der Waals surface area contributed by atoms with E-state index >= 15 is 0 Å². The normalized spacial score (nSPS) is 18.0. The van der Waals surface area contributed by atoms with Crippen LogP contribution in [0, 0.1) is 5.92 Å². The van der Waals surface area contributed by atoms with Gasteiger partial charge in [0.05, 0.1) is 0 Å². The lowest BCUT2D eigenvalue weighted by atomic mass is 9.85. The molecule has 0 spiro atoms. The topological polar surface area (TPSA) is 0 Å². The Morgan fingerprint density at radius 1 is 0.952 bits per heavy atom. The Kier molecular flexibility index (Phi) is 5.35. The number of fused-ring (bicyclic) bond motifs is 1. The van der Waals surface area contributed by atoms with Crippen LogP contribution in [0.4, 0.5) is 0 Å². The molecule has 0 nitrogen and oxygen atoms in total. The predicted octanol–water partition coefficient (Wildman–Crippen LogP) is 6.51. The van der Waals surface area contributed by atoms with E-state index in [0.717, 1.165) is 12.3 Å². The largest absolute Gasteiger partial charge is 0.0887 e. The van der Waals surface area contributed by atoms with E-state index in [4.69, 9.17) is 0 Å². The minimum atomic E-state index is 0.616. The zero-order chi connectivity index (χ0) is 14.5. The number of rotatable bonds is 5. The molecule has 1 heteroatoms. The van der Waals surface area contributed by atoms with E-state index in [-0.39, 0.29) is 0 Å². The third-order valence-electron chi connectivity index (χ3n) is 4.93. The summed E-state index contributed by atoms with van der Waals surface area (Å²) in [5, 5.41) is 2.78. The van der Waals surface area contributed by atoms with Gasteiger partial charge in [0.25, 0.3) is 0 Å². The number of benzene rings is 2. The molecule has 21 heavy (non-hydrogen) atoms. The SMILES string of the molecule is BrC(CCC1CCCCC1)Cc1cccc2ccccc12. The fourth-order valence-electron chi connectivity index (χ4n) is 3.70. The molecule has 0 amide bonds. The van der Waals surface area contributed by atoms with Gasteiger partial charge in [0, 0.05) is 4.83 Å². The number of hydrogen-bond donors (Lipinski definition) is 0. The van der Waals surface area contributed by atoms with Crippen LogP contribution >= 0.6 is 15.9 Å². The lowest BCUT2D eigenvalue weighted by Crippen LogP contribution is -2.10. The highest BCUT2D eigenvalue weighted by Crippen LogP contribution is 2.30. The van der Waals surface area contributed by atoms with Crippen molar-refractivity contribution in [3.05, 3.63) is 48.0 Å². The van der Waals surface area contributed by atoms with Crippen LogP contribution in [-0.4, -0.2) is 4.83 Å². The molecule has 2 aromatic rings. The first kappa shape index (κ1) is 15.1. The highest BCUT2D eigenvalue weighted by atomic mass is 79.9. The average Bonchev–Trinajstić information content (AvgIpc) is 2.54. The molecule has 1 atom stereocenters. The van der Waals surface area contributed by atoms with Gasteiger partial charge in [-0.3, -0.25) is 0 Å². The van der Waals surface area contributed by atoms with Gasteiger partial charge in [-0.15, -0.1) is 0 Å². The highest BCUT2D eigenvalue weighted by Gasteiger charge is 2.15. The molecule has 1 aliphatic carbocycles. The van der Waals surface area contributed by atoms with Gasteiger partial charge in [0.2, 0.25) is 0 Å². The van der Waals surface area contributed by atoms with Crippen LogP contribution in [0.5, 0.6) is 0 Å². The molecular weight excluding hydrogens is 320 g/mol. The molecule has 1 aliphatic rings. The zero-order valence-corrected chi connectivity index (χ0v) is 14.3. The van der Waals surface area contributed by atoms with Crippen molar-refractivity contribution in [2.24, 2.45) is 5.92 Å². The summed E-state index contributed by atoms with van der Waals surface area (Å²) < 4.78 is 0. The Balaban J connectivity index is 1.59. The number of hydrogen-bond acceptors (Lipinski definition) is 0. The van der Waals surface area contributed by atoms with Crippen molar-refractivity contribution in [3.63, 3.8) is 0 Å². The minimum Gasteiger partial charge on any atom is -0.0887 e. The van der Waals surface area contributed by atoms with Gasteiger partial charge in [-0.25, -0.2) is 0 Å². The van der Waals surface area contributed by atoms with Crippen LogP contribution < -0.4 is 0 Å². The first-order chi connectivity index (χ1) is 10.3. The molecule has 1 fully saturated rings.